The van der Waals surface area contributed by atoms with E-state index in [1.807, 2.05) is 30.3 Å². The first-order valence-electron chi connectivity index (χ1n) is 8.97. The van der Waals surface area contributed by atoms with Gasteiger partial charge >= 0.3 is 0 Å². The van der Waals surface area contributed by atoms with Crippen LogP contribution in [0.4, 0.5) is 10.1 Å². The first-order chi connectivity index (χ1) is 13.6. The Morgan fingerprint density at radius 1 is 1.17 bits per heavy atom. The highest BCUT2D eigenvalue weighted by molar-refractivity contribution is 7.88. The molecule has 0 aliphatic carbocycles. The Labute approximate surface area is 169 Å². The minimum atomic E-state index is -3.71. The Morgan fingerprint density at radius 3 is 2.48 bits per heavy atom. The van der Waals surface area contributed by atoms with Crippen molar-refractivity contribution in [1.29, 1.82) is 0 Å². The minimum absolute atomic E-state index is 0.195. The molecule has 29 heavy (non-hydrogen) atoms. The molecule has 0 aromatic heterocycles. The van der Waals surface area contributed by atoms with Gasteiger partial charge in [0.15, 0.2) is 0 Å². The molecule has 0 spiro atoms. The molecule has 0 bridgehead atoms. The molecule has 7 nitrogen and oxygen atoms in total. The van der Waals surface area contributed by atoms with Crippen LogP contribution >= 0.6 is 0 Å². The van der Waals surface area contributed by atoms with Crippen molar-refractivity contribution in [3.8, 4) is 0 Å². The molecular weight excluding hydrogens is 397 g/mol. The number of amides is 2. The second kappa shape index (κ2) is 7.92. The van der Waals surface area contributed by atoms with Gasteiger partial charge in [-0.2, -0.15) is 4.31 Å². The standard InChI is InChI=1S/C20H22FN3O4S/c1-20(19(26)22-12-15-7-4-3-5-8-15)14-23(29(2,27)28)13-18(25)24(20)17-10-6-9-16(21)11-17/h3-11H,12-14H2,1-2H3,(H,22,26)/t20-/m1/s1. The maximum Gasteiger partial charge on any atom is 0.247 e. The van der Waals surface area contributed by atoms with Gasteiger partial charge in [-0.1, -0.05) is 36.4 Å². The summed E-state index contributed by atoms with van der Waals surface area (Å²) in [6.07, 6.45) is 0.987. The summed E-state index contributed by atoms with van der Waals surface area (Å²) in [4.78, 5) is 27.2. The van der Waals surface area contributed by atoms with Crippen LogP contribution < -0.4 is 10.2 Å². The van der Waals surface area contributed by atoms with Gasteiger partial charge in [0, 0.05) is 18.8 Å². The lowest BCUT2D eigenvalue weighted by molar-refractivity contribution is -0.133. The summed E-state index contributed by atoms with van der Waals surface area (Å²) in [7, 11) is -3.71. The van der Waals surface area contributed by atoms with Gasteiger partial charge in [-0.3, -0.25) is 14.5 Å². The fourth-order valence-electron chi connectivity index (χ4n) is 3.39. The van der Waals surface area contributed by atoms with Crippen molar-refractivity contribution in [2.75, 3.05) is 24.2 Å². The lowest BCUT2D eigenvalue weighted by atomic mass is 9.94. The van der Waals surface area contributed by atoms with Crippen molar-refractivity contribution in [2.24, 2.45) is 0 Å². The Bertz CT molecular complexity index is 1030. The fraction of sp³-hybridized carbons (Fsp3) is 0.300. The van der Waals surface area contributed by atoms with E-state index >= 15 is 0 Å². The van der Waals surface area contributed by atoms with Gasteiger partial charge in [0.25, 0.3) is 0 Å². The van der Waals surface area contributed by atoms with Crippen LogP contribution in [0.2, 0.25) is 0 Å². The molecule has 0 saturated carbocycles. The van der Waals surface area contributed by atoms with Crippen molar-refractivity contribution >= 4 is 27.5 Å². The Balaban J connectivity index is 1.96. The third-order valence-electron chi connectivity index (χ3n) is 4.86. The minimum Gasteiger partial charge on any atom is -0.350 e. The maximum atomic E-state index is 13.8. The number of halogens is 1. The van der Waals surface area contributed by atoms with Crippen LogP contribution in [-0.2, 0) is 26.2 Å². The molecule has 1 heterocycles. The van der Waals surface area contributed by atoms with E-state index in [0.29, 0.717) is 0 Å². The Morgan fingerprint density at radius 2 is 1.86 bits per heavy atom. The first-order valence-corrected chi connectivity index (χ1v) is 10.8. The zero-order valence-corrected chi connectivity index (χ0v) is 16.9. The second-order valence-electron chi connectivity index (χ2n) is 7.18. The molecule has 1 atom stereocenters. The molecule has 3 rings (SSSR count). The molecule has 2 aromatic carbocycles. The highest BCUT2D eigenvalue weighted by atomic mass is 32.2. The monoisotopic (exact) mass is 419 g/mol. The number of nitrogens with zero attached hydrogens (tertiary/aromatic N) is 2. The largest absolute Gasteiger partial charge is 0.350 e. The van der Waals surface area contributed by atoms with Crippen molar-refractivity contribution in [1.82, 2.24) is 9.62 Å². The first kappa shape index (κ1) is 20.9. The van der Waals surface area contributed by atoms with Crippen LogP contribution in [0.25, 0.3) is 0 Å². The van der Waals surface area contributed by atoms with E-state index in [1.54, 1.807) is 0 Å². The molecular formula is C20H22FN3O4S. The molecule has 1 saturated heterocycles. The Kier molecular flexibility index (Phi) is 5.72. The van der Waals surface area contributed by atoms with E-state index in [4.69, 9.17) is 0 Å². The van der Waals surface area contributed by atoms with Gasteiger partial charge in [-0.25, -0.2) is 12.8 Å². The molecule has 154 valence electrons. The summed E-state index contributed by atoms with van der Waals surface area (Å²) in [5, 5.41) is 2.77. The number of benzene rings is 2. The van der Waals surface area contributed by atoms with Gasteiger partial charge in [-0.15, -0.1) is 0 Å². The topological polar surface area (TPSA) is 86.8 Å². The summed E-state index contributed by atoms with van der Waals surface area (Å²) in [6.45, 7) is 1.03. The zero-order valence-electron chi connectivity index (χ0n) is 16.1. The molecule has 2 amide bonds. The number of hydrogen-bond acceptors (Lipinski definition) is 4. The van der Waals surface area contributed by atoms with Gasteiger partial charge in [-0.05, 0) is 30.7 Å². The van der Waals surface area contributed by atoms with E-state index in [2.05, 4.69) is 5.32 Å². The third kappa shape index (κ3) is 4.46. The number of carbonyl (C=O) groups excluding carboxylic acids is 2. The van der Waals surface area contributed by atoms with Gasteiger partial charge in [0.1, 0.15) is 11.4 Å². The summed E-state index contributed by atoms with van der Waals surface area (Å²) in [6, 6.07) is 14.5. The van der Waals surface area contributed by atoms with Crippen LogP contribution in [0, 0.1) is 5.82 Å². The number of piperazine rings is 1. The second-order valence-corrected chi connectivity index (χ2v) is 9.16. The summed E-state index contributed by atoms with van der Waals surface area (Å²) in [5.74, 6) is -1.70. The fourth-order valence-corrected chi connectivity index (χ4v) is 4.22. The quantitative estimate of drug-likeness (QED) is 0.796. The number of sulfonamides is 1. The number of rotatable bonds is 5. The van der Waals surface area contributed by atoms with Crippen LogP contribution in [0.5, 0.6) is 0 Å². The predicted molar refractivity (Wildman–Crippen MR) is 107 cm³/mol. The van der Waals surface area contributed by atoms with E-state index in [9.17, 15) is 22.4 Å². The molecule has 1 N–H and O–H groups in total. The summed E-state index contributed by atoms with van der Waals surface area (Å²) < 4.78 is 38.9. The number of carbonyl (C=O) groups is 2. The SMILES string of the molecule is C[C@]1(C(=O)NCc2ccccc2)CN(S(C)(=O)=O)CC(=O)N1c1cccc(F)c1. The smallest absolute Gasteiger partial charge is 0.247 e. The van der Waals surface area contributed by atoms with Crippen LogP contribution in [0.15, 0.2) is 54.6 Å². The molecule has 1 fully saturated rings. The van der Waals surface area contributed by atoms with Crippen LogP contribution in [0.3, 0.4) is 0 Å². The van der Waals surface area contributed by atoms with Crippen molar-refractivity contribution in [3.63, 3.8) is 0 Å². The number of nitrogens with one attached hydrogen (secondary N) is 1. The molecule has 1 aliphatic heterocycles. The highest BCUT2D eigenvalue weighted by Crippen LogP contribution is 2.31. The highest BCUT2D eigenvalue weighted by Gasteiger charge is 2.50. The van der Waals surface area contributed by atoms with Crippen molar-refractivity contribution in [2.45, 2.75) is 19.0 Å². The lowest BCUT2D eigenvalue weighted by Crippen LogP contribution is -2.70. The lowest BCUT2D eigenvalue weighted by Gasteiger charge is -2.46. The van der Waals surface area contributed by atoms with E-state index in [-0.39, 0.29) is 18.8 Å². The zero-order chi connectivity index (χ0) is 21.2. The third-order valence-corrected chi connectivity index (χ3v) is 6.06. The molecule has 1 aliphatic rings. The molecule has 0 radical (unpaired) electrons. The van der Waals surface area contributed by atoms with Gasteiger partial charge in [0.05, 0.1) is 12.8 Å². The predicted octanol–water partition coefficient (Wildman–Crippen LogP) is 1.51. The average Bonchev–Trinajstić information content (AvgIpc) is 2.65. The van der Waals surface area contributed by atoms with E-state index < -0.39 is 39.7 Å². The normalized spacial score (nSPS) is 20.5. The number of anilines is 1. The Hall–Kier alpha value is -2.78. The van der Waals surface area contributed by atoms with Gasteiger partial charge < -0.3 is 5.32 Å². The molecule has 9 heteroatoms. The van der Waals surface area contributed by atoms with Crippen LogP contribution in [-0.4, -0.2) is 49.4 Å². The average molecular weight is 419 g/mol. The van der Waals surface area contributed by atoms with Crippen molar-refractivity contribution < 1.29 is 22.4 Å². The summed E-state index contributed by atoms with van der Waals surface area (Å²) >= 11 is 0. The summed E-state index contributed by atoms with van der Waals surface area (Å²) in [5.41, 5.74) is -0.509. The molecule has 2 aromatic rings. The van der Waals surface area contributed by atoms with Gasteiger partial charge in [0.2, 0.25) is 21.8 Å². The molecule has 0 unspecified atom stereocenters. The van der Waals surface area contributed by atoms with Crippen LogP contribution in [0.1, 0.15) is 12.5 Å². The van der Waals surface area contributed by atoms with E-state index in [1.165, 1.54) is 30.0 Å². The van der Waals surface area contributed by atoms with E-state index in [0.717, 1.165) is 22.2 Å². The maximum absolute atomic E-state index is 13.8. The van der Waals surface area contributed by atoms with Crippen molar-refractivity contribution in [3.05, 3.63) is 66.0 Å². The number of hydrogen-bond donors (Lipinski definition) is 1.